The molecular formula is C14H27NO2. The minimum Gasteiger partial charge on any atom is -0.465 e. The van der Waals surface area contributed by atoms with Gasteiger partial charge in [0.2, 0.25) is 0 Å². The highest BCUT2D eigenvalue weighted by molar-refractivity contribution is 5.75. The summed E-state index contributed by atoms with van der Waals surface area (Å²) in [6.45, 7) is 9.03. The first-order valence-corrected chi connectivity index (χ1v) is 6.91. The molecule has 1 rings (SSSR count). The molecule has 3 heteroatoms. The minimum atomic E-state index is -0.112. The lowest BCUT2D eigenvalue weighted by Crippen LogP contribution is -2.43. The zero-order valence-corrected chi connectivity index (χ0v) is 11.7. The molecule has 3 nitrogen and oxygen atoms in total. The number of hydrogen-bond donors (Lipinski definition) is 1. The van der Waals surface area contributed by atoms with E-state index in [1.807, 2.05) is 6.92 Å². The second-order valence-electron chi connectivity index (χ2n) is 5.86. The van der Waals surface area contributed by atoms with Crippen LogP contribution in [0.2, 0.25) is 0 Å². The molecule has 0 aromatic rings. The standard InChI is InChI=1S/C14H27NO2/c1-5-7-12(13(16)17-6-2)15-11-8-9-14(3,4)10-11/h11-12,15H,5-10H2,1-4H3. The molecular weight excluding hydrogens is 214 g/mol. The Kier molecular flexibility index (Phi) is 5.44. The number of hydrogen-bond acceptors (Lipinski definition) is 3. The predicted molar refractivity (Wildman–Crippen MR) is 69.9 cm³/mol. The van der Waals surface area contributed by atoms with E-state index >= 15 is 0 Å². The third-order valence-corrected chi connectivity index (χ3v) is 3.55. The van der Waals surface area contributed by atoms with Crippen LogP contribution >= 0.6 is 0 Å². The summed E-state index contributed by atoms with van der Waals surface area (Å²) in [6.07, 6.45) is 5.45. The van der Waals surface area contributed by atoms with Crippen molar-refractivity contribution in [3.05, 3.63) is 0 Å². The van der Waals surface area contributed by atoms with Crippen molar-refractivity contribution in [2.75, 3.05) is 6.61 Å². The van der Waals surface area contributed by atoms with E-state index in [0.29, 0.717) is 18.1 Å². The Bertz CT molecular complexity index is 251. The Hall–Kier alpha value is -0.570. The van der Waals surface area contributed by atoms with Crippen molar-refractivity contribution in [1.82, 2.24) is 5.32 Å². The summed E-state index contributed by atoms with van der Waals surface area (Å²) < 4.78 is 5.12. The minimum absolute atomic E-state index is 0.0842. The first-order valence-electron chi connectivity index (χ1n) is 6.91. The van der Waals surface area contributed by atoms with Gasteiger partial charge in [0.05, 0.1) is 6.61 Å². The van der Waals surface area contributed by atoms with Gasteiger partial charge in [0.25, 0.3) is 0 Å². The van der Waals surface area contributed by atoms with E-state index in [9.17, 15) is 4.79 Å². The van der Waals surface area contributed by atoms with Gasteiger partial charge >= 0.3 is 5.97 Å². The van der Waals surface area contributed by atoms with E-state index in [1.54, 1.807) is 0 Å². The lowest BCUT2D eigenvalue weighted by molar-refractivity contribution is -0.146. The topological polar surface area (TPSA) is 38.3 Å². The number of esters is 1. The normalized spacial score (nSPS) is 24.6. The van der Waals surface area contributed by atoms with Crippen LogP contribution in [-0.2, 0) is 9.53 Å². The van der Waals surface area contributed by atoms with Crippen LogP contribution in [0.1, 0.15) is 59.8 Å². The molecule has 1 saturated carbocycles. The van der Waals surface area contributed by atoms with Gasteiger partial charge < -0.3 is 10.1 Å². The lowest BCUT2D eigenvalue weighted by atomic mass is 9.91. The monoisotopic (exact) mass is 241 g/mol. The Morgan fingerprint density at radius 3 is 2.65 bits per heavy atom. The maximum atomic E-state index is 11.8. The molecule has 0 spiro atoms. The summed E-state index contributed by atoms with van der Waals surface area (Å²) in [6, 6.07) is 0.366. The predicted octanol–water partition coefficient (Wildman–Crippen LogP) is 2.89. The summed E-state index contributed by atoms with van der Waals surface area (Å²) in [5.41, 5.74) is 0.420. The average molecular weight is 241 g/mol. The van der Waals surface area contributed by atoms with Crippen molar-refractivity contribution < 1.29 is 9.53 Å². The Morgan fingerprint density at radius 1 is 1.47 bits per heavy atom. The SMILES string of the molecule is CCCC(NC1CCC(C)(C)C1)C(=O)OCC. The van der Waals surface area contributed by atoms with Crippen molar-refractivity contribution in [1.29, 1.82) is 0 Å². The Balaban J connectivity index is 2.47. The Labute approximate surface area is 105 Å². The Morgan fingerprint density at radius 2 is 2.18 bits per heavy atom. The van der Waals surface area contributed by atoms with Crippen LogP contribution in [0.3, 0.4) is 0 Å². The quantitative estimate of drug-likeness (QED) is 0.727. The fourth-order valence-electron chi connectivity index (χ4n) is 2.66. The van der Waals surface area contributed by atoms with Crippen molar-refractivity contribution in [3.8, 4) is 0 Å². The highest BCUT2D eigenvalue weighted by Crippen LogP contribution is 2.37. The highest BCUT2D eigenvalue weighted by Gasteiger charge is 2.33. The zero-order chi connectivity index (χ0) is 12.9. The van der Waals surface area contributed by atoms with Gasteiger partial charge in [-0.2, -0.15) is 0 Å². The number of rotatable bonds is 6. The molecule has 17 heavy (non-hydrogen) atoms. The highest BCUT2D eigenvalue weighted by atomic mass is 16.5. The van der Waals surface area contributed by atoms with Crippen LogP contribution in [0.15, 0.2) is 0 Å². The van der Waals surface area contributed by atoms with Gasteiger partial charge in [0, 0.05) is 6.04 Å². The van der Waals surface area contributed by atoms with Crippen LogP contribution in [0.25, 0.3) is 0 Å². The average Bonchev–Trinajstić information content (AvgIpc) is 2.58. The number of nitrogens with one attached hydrogen (secondary N) is 1. The molecule has 0 bridgehead atoms. The largest absolute Gasteiger partial charge is 0.465 e. The van der Waals surface area contributed by atoms with E-state index in [4.69, 9.17) is 4.74 Å². The number of ether oxygens (including phenoxy) is 1. The van der Waals surface area contributed by atoms with Gasteiger partial charge in [-0.3, -0.25) is 4.79 Å². The summed E-state index contributed by atoms with van der Waals surface area (Å²) in [7, 11) is 0. The van der Waals surface area contributed by atoms with Crippen LogP contribution < -0.4 is 5.32 Å². The van der Waals surface area contributed by atoms with Crippen LogP contribution in [-0.4, -0.2) is 24.7 Å². The molecule has 0 amide bonds. The molecule has 2 unspecified atom stereocenters. The van der Waals surface area contributed by atoms with Gasteiger partial charge in [-0.15, -0.1) is 0 Å². The molecule has 1 aliphatic carbocycles. The van der Waals surface area contributed by atoms with Crippen LogP contribution in [0.5, 0.6) is 0 Å². The van der Waals surface area contributed by atoms with E-state index in [2.05, 4.69) is 26.1 Å². The molecule has 0 saturated heterocycles. The molecule has 0 radical (unpaired) electrons. The third kappa shape index (κ3) is 4.66. The van der Waals surface area contributed by atoms with Crippen LogP contribution in [0, 0.1) is 5.41 Å². The zero-order valence-electron chi connectivity index (χ0n) is 11.7. The lowest BCUT2D eigenvalue weighted by Gasteiger charge is -2.22. The number of carbonyl (C=O) groups is 1. The molecule has 100 valence electrons. The van der Waals surface area contributed by atoms with Gasteiger partial charge in [0.15, 0.2) is 0 Å². The molecule has 2 atom stereocenters. The van der Waals surface area contributed by atoms with Crippen molar-refractivity contribution >= 4 is 5.97 Å². The molecule has 1 N–H and O–H groups in total. The van der Waals surface area contributed by atoms with Crippen molar-refractivity contribution in [2.24, 2.45) is 5.41 Å². The molecule has 1 aliphatic rings. The maximum absolute atomic E-state index is 11.8. The van der Waals surface area contributed by atoms with Gasteiger partial charge in [0.1, 0.15) is 6.04 Å². The fraction of sp³-hybridized carbons (Fsp3) is 0.929. The van der Waals surface area contributed by atoms with Crippen LogP contribution in [0.4, 0.5) is 0 Å². The third-order valence-electron chi connectivity index (χ3n) is 3.55. The van der Waals surface area contributed by atoms with Gasteiger partial charge in [-0.25, -0.2) is 0 Å². The van der Waals surface area contributed by atoms with E-state index in [1.165, 1.54) is 12.8 Å². The maximum Gasteiger partial charge on any atom is 0.323 e. The summed E-state index contributed by atoms with van der Waals surface area (Å²) in [5.74, 6) is -0.0842. The summed E-state index contributed by atoms with van der Waals surface area (Å²) >= 11 is 0. The number of carbonyl (C=O) groups excluding carboxylic acids is 1. The first-order chi connectivity index (χ1) is 7.98. The summed E-state index contributed by atoms with van der Waals surface area (Å²) in [4.78, 5) is 11.8. The fourth-order valence-corrected chi connectivity index (χ4v) is 2.66. The summed E-state index contributed by atoms with van der Waals surface area (Å²) in [5, 5.41) is 3.48. The first kappa shape index (κ1) is 14.5. The van der Waals surface area contributed by atoms with Crippen molar-refractivity contribution in [2.45, 2.75) is 71.9 Å². The van der Waals surface area contributed by atoms with Gasteiger partial charge in [-0.1, -0.05) is 27.2 Å². The second-order valence-corrected chi connectivity index (χ2v) is 5.86. The van der Waals surface area contributed by atoms with Gasteiger partial charge in [-0.05, 0) is 38.0 Å². The second kappa shape index (κ2) is 6.39. The molecule has 0 aromatic carbocycles. The van der Waals surface area contributed by atoms with E-state index < -0.39 is 0 Å². The van der Waals surface area contributed by atoms with Crippen molar-refractivity contribution in [3.63, 3.8) is 0 Å². The molecule has 0 aromatic heterocycles. The molecule has 0 aliphatic heterocycles. The van der Waals surface area contributed by atoms with E-state index in [-0.39, 0.29) is 12.0 Å². The molecule has 0 heterocycles. The molecule has 1 fully saturated rings. The smallest absolute Gasteiger partial charge is 0.323 e. The van der Waals surface area contributed by atoms with E-state index in [0.717, 1.165) is 19.3 Å².